The van der Waals surface area contributed by atoms with Crippen molar-refractivity contribution in [2.45, 2.75) is 13.8 Å². The van der Waals surface area contributed by atoms with E-state index < -0.39 is 5.97 Å². The minimum Gasteiger partial charge on any atom is -0.478 e. The maximum Gasteiger partial charge on any atom is 0.335 e. The molecule has 0 unspecified atom stereocenters. The Bertz CT molecular complexity index is 1310. The first-order valence-electron chi connectivity index (χ1n) is 11.3. The number of pyridine rings is 1. The number of hydrogen-bond donors (Lipinski definition) is 2. The predicted molar refractivity (Wildman–Crippen MR) is 133 cm³/mol. The van der Waals surface area contributed by atoms with Crippen molar-refractivity contribution in [1.29, 1.82) is 0 Å². The fourth-order valence-corrected chi connectivity index (χ4v) is 4.84. The lowest BCUT2D eigenvalue weighted by Crippen LogP contribution is -2.45. The Labute approximate surface area is 193 Å². The number of fused-ring (bicyclic) bond motifs is 1. The van der Waals surface area contributed by atoms with Gasteiger partial charge in [0.15, 0.2) is 0 Å². The van der Waals surface area contributed by atoms with Crippen LogP contribution in [-0.4, -0.2) is 59.2 Å². The van der Waals surface area contributed by atoms with Crippen LogP contribution >= 0.6 is 0 Å². The highest BCUT2D eigenvalue weighted by Crippen LogP contribution is 2.34. The maximum atomic E-state index is 11.2. The second-order valence-electron chi connectivity index (χ2n) is 8.95. The van der Waals surface area contributed by atoms with Crippen molar-refractivity contribution in [3.05, 3.63) is 71.5 Å². The predicted octanol–water partition coefficient (Wildman–Crippen LogP) is 4.96. The summed E-state index contributed by atoms with van der Waals surface area (Å²) < 4.78 is 0. The lowest BCUT2D eigenvalue weighted by Gasteiger charge is -2.36. The number of aromatic carboxylic acids is 1. The number of aromatic nitrogens is 2. The molecule has 1 aliphatic heterocycles. The SMILES string of the molecule is Cc1cc(-c2cnc3[nH]cc(-c4ccc(C(=O)O)cc4)c3c2)cc(C)c1N1CCN(C)CC1. The van der Waals surface area contributed by atoms with Crippen molar-refractivity contribution in [2.75, 3.05) is 38.1 Å². The van der Waals surface area contributed by atoms with Crippen molar-refractivity contribution in [1.82, 2.24) is 14.9 Å². The molecule has 3 heterocycles. The van der Waals surface area contributed by atoms with Crippen molar-refractivity contribution in [3.8, 4) is 22.3 Å². The zero-order chi connectivity index (χ0) is 23.1. The van der Waals surface area contributed by atoms with Gasteiger partial charge < -0.3 is 19.9 Å². The molecule has 0 atom stereocenters. The van der Waals surface area contributed by atoms with E-state index in [1.54, 1.807) is 12.1 Å². The van der Waals surface area contributed by atoms with Gasteiger partial charge >= 0.3 is 5.97 Å². The van der Waals surface area contributed by atoms with E-state index in [-0.39, 0.29) is 5.56 Å². The lowest BCUT2D eigenvalue weighted by molar-refractivity contribution is 0.0697. The number of nitrogens with one attached hydrogen (secondary N) is 1. The third kappa shape index (κ3) is 3.98. The van der Waals surface area contributed by atoms with Crippen LogP contribution in [-0.2, 0) is 0 Å². The Kier molecular flexibility index (Phi) is 5.38. The number of hydrogen-bond acceptors (Lipinski definition) is 4. The molecule has 2 N–H and O–H groups in total. The topological polar surface area (TPSA) is 72.5 Å². The molecule has 1 aliphatic rings. The van der Waals surface area contributed by atoms with Gasteiger partial charge in [0.1, 0.15) is 5.65 Å². The lowest BCUT2D eigenvalue weighted by atomic mass is 9.97. The third-order valence-corrected chi connectivity index (χ3v) is 6.62. The summed E-state index contributed by atoms with van der Waals surface area (Å²) >= 11 is 0. The number of rotatable bonds is 4. The summed E-state index contributed by atoms with van der Waals surface area (Å²) in [5.41, 5.74) is 9.22. The molecular weight excluding hydrogens is 412 g/mol. The van der Waals surface area contributed by atoms with Crippen LogP contribution < -0.4 is 4.90 Å². The van der Waals surface area contributed by atoms with Gasteiger partial charge in [-0.15, -0.1) is 0 Å². The molecule has 2 aromatic carbocycles. The first-order chi connectivity index (χ1) is 15.9. The van der Waals surface area contributed by atoms with Crippen molar-refractivity contribution in [2.24, 2.45) is 0 Å². The minimum absolute atomic E-state index is 0.281. The van der Waals surface area contributed by atoms with Crippen molar-refractivity contribution < 1.29 is 9.90 Å². The van der Waals surface area contributed by atoms with Crippen LogP contribution in [0.5, 0.6) is 0 Å². The van der Waals surface area contributed by atoms with E-state index in [0.29, 0.717) is 0 Å². The molecule has 33 heavy (non-hydrogen) atoms. The van der Waals surface area contributed by atoms with E-state index in [1.807, 2.05) is 24.5 Å². The summed E-state index contributed by atoms with van der Waals surface area (Å²) in [6, 6.07) is 13.7. The van der Waals surface area contributed by atoms with Gasteiger partial charge in [0.25, 0.3) is 0 Å². The molecule has 0 aliphatic carbocycles. The van der Waals surface area contributed by atoms with Gasteiger partial charge in [0.05, 0.1) is 5.56 Å². The summed E-state index contributed by atoms with van der Waals surface area (Å²) in [5, 5.41) is 10.2. The molecule has 1 saturated heterocycles. The van der Waals surface area contributed by atoms with Crippen molar-refractivity contribution in [3.63, 3.8) is 0 Å². The Morgan fingerprint density at radius 1 is 0.939 bits per heavy atom. The van der Waals surface area contributed by atoms with E-state index in [9.17, 15) is 9.90 Å². The maximum absolute atomic E-state index is 11.2. The summed E-state index contributed by atoms with van der Waals surface area (Å²) in [5.74, 6) is -0.921. The van der Waals surface area contributed by atoms with E-state index in [4.69, 9.17) is 0 Å². The van der Waals surface area contributed by atoms with Gasteiger partial charge in [-0.05, 0) is 73.5 Å². The second-order valence-corrected chi connectivity index (χ2v) is 8.95. The fourth-order valence-electron chi connectivity index (χ4n) is 4.84. The molecule has 2 aromatic heterocycles. The molecule has 0 spiro atoms. The number of anilines is 1. The number of likely N-dealkylation sites (N-methyl/N-ethyl adjacent to an activating group) is 1. The van der Waals surface area contributed by atoms with E-state index >= 15 is 0 Å². The van der Waals surface area contributed by atoms with Crippen LogP contribution in [0.1, 0.15) is 21.5 Å². The Hall–Kier alpha value is -3.64. The van der Waals surface area contributed by atoms with Crippen molar-refractivity contribution >= 4 is 22.7 Å². The number of H-pyrrole nitrogens is 1. The highest BCUT2D eigenvalue weighted by Gasteiger charge is 2.19. The molecule has 0 saturated carbocycles. The van der Waals surface area contributed by atoms with Crippen LogP contribution in [0, 0.1) is 13.8 Å². The minimum atomic E-state index is -0.921. The van der Waals surface area contributed by atoms with E-state index in [1.165, 1.54) is 16.8 Å². The molecular formula is C27H28N4O2. The molecule has 5 rings (SSSR count). The Balaban J connectivity index is 1.51. The van der Waals surface area contributed by atoms with Gasteiger partial charge in [-0.2, -0.15) is 0 Å². The molecule has 0 radical (unpaired) electrons. The smallest absolute Gasteiger partial charge is 0.335 e. The summed E-state index contributed by atoms with van der Waals surface area (Å²) in [6.07, 6.45) is 3.85. The van der Waals surface area contributed by atoms with Gasteiger partial charge in [-0.3, -0.25) is 0 Å². The number of carboxylic acid groups (broad SMARTS) is 1. The molecule has 168 valence electrons. The van der Waals surface area contributed by atoms with Crippen LogP contribution in [0.2, 0.25) is 0 Å². The number of piperazine rings is 1. The average molecular weight is 441 g/mol. The van der Waals surface area contributed by atoms with Crippen LogP contribution in [0.4, 0.5) is 5.69 Å². The van der Waals surface area contributed by atoms with Crippen LogP contribution in [0.15, 0.2) is 54.9 Å². The molecule has 4 aromatic rings. The van der Waals surface area contributed by atoms with E-state index in [2.05, 4.69) is 58.9 Å². The largest absolute Gasteiger partial charge is 0.478 e. The average Bonchev–Trinajstić information content (AvgIpc) is 3.23. The zero-order valence-electron chi connectivity index (χ0n) is 19.2. The molecule has 0 amide bonds. The van der Waals surface area contributed by atoms with Crippen LogP contribution in [0.3, 0.4) is 0 Å². The monoisotopic (exact) mass is 440 g/mol. The number of nitrogens with zero attached hydrogens (tertiary/aromatic N) is 3. The van der Waals surface area contributed by atoms with Gasteiger partial charge in [0, 0.05) is 60.8 Å². The number of carboxylic acids is 1. The second kappa shape index (κ2) is 8.37. The normalized spacial score (nSPS) is 14.7. The quantitative estimate of drug-likeness (QED) is 0.469. The third-order valence-electron chi connectivity index (χ3n) is 6.62. The number of benzene rings is 2. The van der Waals surface area contributed by atoms with Crippen LogP contribution in [0.25, 0.3) is 33.3 Å². The van der Waals surface area contributed by atoms with Gasteiger partial charge in [-0.25, -0.2) is 9.78 Å². The summed E-state index contributed by atoms with van der Waals surface area (Å²) in [4.78, 5) is 24.0. The molecule has 0 bridgehead atoms. The first-order valence-corrected chi connectivity index (χ1v) is 11.3. The number of aromatic amines is 1. The Morgan fingerprint density at radius 2 is 1.61 bits per heavy atom. The van der Waals surface area contributed by atoms with E-state index in [0.717, 1.165) is 59.5 Å². The summed E-state index contributed by atoms with van der Waals surface area (Å²) in [6.45, 7) is 8.68. The molecule has 6 heteroatoms. The Morgan fingerprint density at radius 3 is 2.24 bits per heavy atom. The first kappa shape index (κ1) is 21.2. The molecule has 1 fully saturated rings. The number of carbonyl (C=O) groups is 1. The highest BCUT2D eigenvalue weighted by molar-refractivity contribution is 5.96. The zero-order valence-corrected chi connectivity index (χ0v) is 19.2. The van der Waals surface area contributed by atoms with Gasteiger partial charge in [-0.1, -0.05) is 12.1 Å². The summed E-state index contributed by atoms with van der Waals surface area (Å²) in [7, 11) is 2.18. The number of aryl methyl sites for hydroxylation is 2. The standard InChI is InChI=1S/C27H28N4O2/c1-17-12-21(13-18(2)25(17)31-10-8-30(3)9-11-31)22-14-23-24(16-29-26(23)28-15-22)19-4-6-20(7-5-19)27(32)33/h4-7,12-16H,8-11H2,1-3H3,(H,28,29)(H,32,33). The highest BCUT2D eigenvalue weighted by atomic mass is 16.4. The molecule has 6 nitrogen and oxygen atoms in total. The fraction of sp³-hybridized carbons (Fsp3) is 0.259. The van der Waals surface area contributed by atoms with Gasteiger partial charge in [0.2, 0.25) is 0 Å².